The Morgan fingerprint density at radius 1 is 1.10 bits per heavy atom. The summed E-state index contributed by atoms with van der Waals surface area (Å²) in [6, 6.07) is 6.30. The van der Waals surface area contributed by atoms with Crippen LogP contribution in [0.25, 0.3) is 0 Å². The molecule has 1 heterocycles. The number of urea groups is 1. The van der Waals surface area contributed by atoms with Crippen LogP contribution in [0.15, 0.2) is 24.3 Å². The van der Waals surface area contributed by atoms with E-state index in [1.165, 1.54) is 0 Å². The number of hydrogen-bond acceptors (Lipinski definition) is 3. The molecular weight excluding hydrogens is 292 g/mol. The van der Waals surface area contributed by atoms with E-state index in [-0.39, 0.29) is 12.6 Å². The number of imide groups is 2. The number of hydrogen-bond donors (Lipinski definition) is 0. The van der Waals surface area contributed by atoms with E-state index < -0.39 is 17.8 Å². The lowest BCUT2D eigenvalue weighted by Crippen LogP contribution is -2.39. The predicted molar refractivity (Wildman–Crippen MR) is 76.5 cm³/mol. The van der Waals surface area contributed by atoms with E-state index in [4.69, 9.17) is 11.6 Å². The molecule has 1 aromatic rings. The number of carbonyl (C=O) groups is 3. The maximum absolute atomic E-state index is 12.4. The van der Waals surface area contributed by atoms with Gasteiger partial charge in [-0.1, -0.05) is 36.6 Å². The molecule has 2 fully saturated rings. The van der Waals surface area contributed by atoms with Crippen LogP contribution in [0.1, 0.15) is 31.2 Å². The summed E-state index contributed by atoms with van der Waals surface area (Å²) in [5, 5.41) is 0.533. The Morgan fingerprint density at radius 3 is 2.48 bits per heavy atom. The van der Waals surface area contributed by atoms with Gasteiger partial charge in [-0.25, -0.2) is 4.79 Å². The number of nitrogens with zero attached hydrogens (tertiary/aromatic N) is 2. The van der Waals surface area contributed by atoms with Crippen molar-refractivity contribution >= 4 is 29.4 Å². The number of carbonyl (C=O) groups excluding carboxylic acids is 3. The lowest BCUT2D eigenvalue weighted by atomic mass is 10.2. The van der Waals surface area contributed by atoms with Crippen LogP contribution in [0.2, 0.25) is 5.02 Å². The van der Waals surface area contributed by atoms with Crippen molar-refractivity contribution in [2.24, 2.45) is 0 Å². The number of benzene rings is 1. The van der Waals surface area contributed by atoms with E-state index in [9.17, 15) is 14.4 Å². The second kappa shape index (κ2) is 5.48. The predicted octanol–water partition coefficient (Wildman–Crippen LogP) is 2.57. The second-order valence-electron chi connectivity index (χ2n) is 5.42. The van der Waals surface area contributed by atoms with Crippen LogP contribution < -0.4 is 0 Å². The van der Waals surface area contributed by atoms with Crippen molar-refractivity contribution in [1.29, 1.82) is 0 Å². The molecule has 110 valence electrons. The van der Waals surface area contributed by atoms with Crippen LogP contribution in [0, 0.1) is 0 Å². The lowest BCUT2D eigenvalue weighted by molar-refractivity contribution is -0.144. The summed E-state index contributed by atoms with van der Waals surface area (Å²) in [4.78, 5) is 38.6. The number of halogens is 1. The summed E-state index contributed by atoms with van der Waals surface area (Å²) in [7, 11) is 0. The molecule has 0 aromatic heterocycles. The molecule has 0 radical (unpaired) electrons. The number of rotatable bonds is 3. The normalized spacial score (nSPS) is 20.0. The minimum absolute atomic E-state index is 0.0766. The third kappa shape index (κ3) is 2.53. The summed E-state index contributed by atoms with van der Waals surface area (Å²) in [6.45, 7) is 0.0766. The molecule has 1 aromatic carbocycles. The van der Waals surface area contributed by atoms with E-state index >= 15 is 0 Å². The molecule has 1 saturated carbocycles. The SMILES string of the molecule is O=C1C(=O)N(C2CCCC2)C(=O)N1Cc1cccc(Cl)c1. The third-order valence-corrected chi connectivity index (χ3v) is 4.24. The number of amides is 4. The highest BCUT2D eigenvalue weighted by Gasteiger charge is 2.47. The standard InChI is InChI=1S/C15H15ClN2O3/c16-11-5-3-4-10(8-11)9-17-13(19)14(20)18(15(17)21)12-6-1-2-7-12/h3-5,8,12H,1-2,6-7,9H2. The van der Waals surface area contributed by atoms with Crippen LogP contribution in [0.5, 0.6) is 0 Å². The van der Waals surface area contributed by atoms with Gasteiger partial charge in [0.2, 0.25) is 0 Å². The minimum Gasteiger partial charge on any atom is -0.263 e. The lowest BCUT2D eigenvalue weighted by Gasteiger charge is -2.21. The fraction of sp³-hybridized carbons (Fsp3) is 0.400. The molecule has 3 rings (SSSR count). The summed E-state index contributed by atoms with van der Waals surface area (Å²) in [5.41, 5.74) is 0.727. The molecule has 1 aliphatic heterocycles. The molecule has 6 heteroatoms. The molecular formula is C15H15ClN2O3. The van der Waals surface area contributed by atoms with Crippen molar-refractivity contribution in [3.8, 4) is 0 Å². The van der Waals surface area contributed by atoms with Gasteiger partial charge in [-0.15, -0.1) is 0 Å². The van der Waals surface area contributed by atoms with Gasteiger partial charge in [0.25, 0.3) is 0 Å². The van der Waals surface area contributed by atoms with Gasteiger partial charge >= 0.3 is 17.8 Å². The van der Waals surface area contributed by atoms with Gasteiger partial charge in [0, 0.05) is 11.1 Å². The van der Waals surface area contributed by atoms with Crippen molar-refractivity contribution in [2.75, 3.05) is 0 Å². The maximum atomic E-state index is 12.4. The van der Waals surface area contributed by atoms with Gasteiger partial charge in [0.05, 0.1) is 6.54 Å². The van der Waals surface area contributed by atoms with Crippen molar-refractivity contribution in [1.82, 2.24) is 9.80 Å². The highest BCUT2D eigenvalue weighted by atomic mass is 35.5. The van der Waals surface area contributed by atoms with Crippen LogP contribution in [-0.4, -0.2) is 33.7 Å². The topological polar surface area (TPSA) is 57.7 Å². The summed E-state index contributed by atoms with van der Waals surface area (Å²) >= 11 is 5.90. The smallest absolute Gasteiger partial charge is 0.263 e. The van der Waals surface area contributed by atoms with Gasteiger partial charge in [-0.05, 0) is 30.5 Å². The Kier molecular flexibility index (Phi) is 3.68. The molecule has 4 amide bonds. The maximum Gasteiger partial charge on any atom is 0.334 e. The quantitative estimate of drug-likeness (QED) is 0.637. The van der Waals surface area contributed by atoms with E-state index in [1.54, 1.807) is 24.3 Å². The fourth-order valence-corrected chi connectivity index (χ4v) is 3.18. The van der Waals surface area contributed by atoms with Crippen molar-refractivity contribution in [3.63, 3.8) is 0 Å². The summed E-state index contributed by atoms with van der Waals surface area (Å²) in [5.74, 6) is -1.44. The zero-order chi connectivity index (χ0) is 15.0. The molecule has 1 saturated heterocycles. The van der Waals surface area contributed by atoms with Crippen molar-refractivity contribution < 1.29 is 14.4 Å². The van der Waals surface area contributed by atoms with Gasteiger partial charge in [-0.2, -0.15) is 0 Å². The largest absolute Gasteiger partial charge is 0.334 e. The monoisotopic (exact) mass is 306 g/mol. The molecule has 2 aliphatic rings. The van der Waals surface area contributed by atoms with Gasteiger partial charge in [0.1, 0.15) is 0 Å². The minimum atomic E-state index is -0.744. The molecule has 0 N–H and O–H groups in total. The molecule has 0 spiro atoms. The summed E-state index contributed by atoms with van der Waals surface area (Å²) < 4.78 is 0. The first-order valence-corrected chi connectivity index (χ1v) is 7.39. The molecule has 1 aliphatic carbocycles. The molecule has 21 heavy (non-hydrogen) atoms. The molecule has 5 nitrogen and oxygen atoms in total. The molecule has 0 unspecified atom stereocenters. The van der Waals surface area contributed by atoms with Crippen LogP contribution in [-0.2, 0) is 16.1 Å². The zero-order valence-corrected chi connectivity index (χ0v) is 12.2. The first kappa shape index (κ1) is 14.1. The van der Waals surface area contributed by atoms with Crippen LogP contribution >= 0.6 is 11.6 Å². The van der Waals surface area contributed by atoms with Gasteiger partial charge in [0.15, 0.2) is 0 Å². The third-order valence-electron chi connectivity index (χ3n) is 4.00. The highest BCUT2D eigenvalue weighted by Crippen LogP contribution is 2.28. The van der Waals surface area contributed by atoms with Crippen LogP contribution in [0.3, 0.4) is 0 Å². The second-order valence-corrected chi connectivity index (χ2v) is 5.85. The summed E-state index contributed by atoms with van der Waals surface area (Å²) in [6.07, 6.45) is 3.56. The van der Waals surface area contributed by atoms with Gasteiger partial charge in [-0.3, -0.25) is 19.4 Å². The Labute approximate surface area is 127 Å². The Hall–Kier alpha value is -1.88. The fourth-order valence-electron chi connectivity index (χ4n) is 2.96. The zero-order valence-electron chi connectivity index (χ0n) is 11.4. The van der Waals surface area contributed by atoms with E-state index in [2.05, 4.69) is 0 Å². The van der Waals surface area contributed by atoms with E-state index in [1.807, 2.05) is 0 Å². The first-order chi connectivity index (χ1) is 10.1. The van der Waals surface area contributed by atoms with E-state index in [0.717, 1.165) is 41.0 Å². The molecule has 0 bridgehead atoms. The Balaban J connectivity index is 1.81. The molecule has 0 atom stereocenters. The van der Waals surface area contributed by atoms with Gasteiger partial charge < -0.3 is 0 Å². The Morgan fingerprint density at radius 2 is 1.81 bits per heavy atom. The average molecular weight is 307 g/mol. The van der Waals surface area contributed by atoms with Crippen molar-refractivity contribution in [2.45, 2.75) is 38.3 Å². The Bertz CT molecular complexity index is 611. The average Bonchev–Trinajstić information content (AvgIpc) is 3.03. The first-order valence-electron chi connectivity index (χ1n) is 7.01. The van der Waals surface area contributed by atoms with E-state index in [0.29, 0.717) is 5.02 Å². The highest BCUT2D eigenvalue weighted by molar-refractivity contribution is 6.44. The van der Waals surface area contributed by atoms with Crippen molar-refractivity contribution in [3.05, 3.63) is 34.9 Å². The van der Waals surface area contributed by atoms with Crippen LogP contribution in [0.4, 0.5) is 4.79 Å².